The van der Waals surface area contributed by atoms with E-state index in [1.807, 2.05) is 34.1 Å². The molecule has 1 unspecified atom stereocenters. The maximum absolute atomic E-state index is 12.8. The van der Waals surface area contributed by atoms with Crippen LogP contribution in [-0.4, -0.2) is 60.9 Å². The summed E-state index contributed by atoms with van der Waals surface area (Å²) < 4.78 is 5.53. The van der Waals surface area contributed by atoms with Crippen molar-refractivity contribution in [1.82, 2.24) is 9.80 Å². The average molecular weight is 359 g/mol. The molecular formula is C20H29N3O3. The van der Waals surface area contributed by atoms with Crippen molar-refractivity contribution >= 4 is 11.8 Å². The standard InChI is InChI=1S/C20H29N3O3/c1-2-9-22-10-6-20(19(22)25)7-11-23(15-20)18(24)14-16-4-3-5-17(13-16)26-12-8-21/h3-5,13H,2,6-12,14-15,21H2,1H3. The average Bonchev–Trinajstić information content (AvgIpc) is 3.21. The predicted octanol–water partition coefficient (Wildman–Crippen LogP) is 1.43. The Bertz CT molecular complexity index is 663. The molecule has 6 nitrogen and oxygen atoms in total. The van der Waals surface area contributed by atoms with Crippen LogP contribution in [0.2, 0.25) is 0 Å². The molecule has 1 aromatic carbocycles. The number of carbonyl (C=O) groups excluding carboxylic acids is 2. The van der Waals surface area contributed by atoms with E-state index in [1.165, 1.54) is 0 Å². The quantitative estimate of drug-likeness (QED) is 0.799. The molecule has 2 amide bonds. The van der Waals surface area contributed by atoms with E-state index in [1.54, 1.807) is 0 Å². The molecule has 2 fully saturated rings. The molecule has 0 saturated carbocycles. The first kappa shape index (κ1) is 18.7. The summed E-state index contributed by atoms with van der Waals surface area (Å²) in [4.78, 5) is 29.3. The number of likely N-dealkylation sites (tertiary alicyclic amines) is 2. The maximum Gasteiger partial charge on any atom is 0.230 e. The van der Waals surface area contributed by atoms with E-state index in [0.29, 0.717) is 32.7 Å². The number of carbonyl (C=O) groups is 2. The van der Waals surface area contributed by atoms with Crippen LogP contribution in [0.5, 0.6) is 5.75 Å². The van der Waals surface area contributed by atoms with E-state index in [4.69, 9.17) is 10.5 Å². The molecule has 2 aliphatic heterocycles. The lowest BCUT2D eigenvalue weighted by Crippen LogP contribution is -2.38. The summed E-state index contributed by atoms with van der Waals surface area (Å²) in [6.07, 6.45) is 2.98. The highest BCUT2D eigenvalue weighted by Gasteiger charge is 2.51. The van der Waals surface area contributed by atoms with E-state index in [0.717, 1.165) is 43.7 Å². The van der Waals surface area contributed by atoms with Crippen LogP contribution < -0.4 is 10.5 Å². The van der Waals surface area contributed by atoms with E-state index < -0.39 is 0 Å². The summed E-state index contributed by atoms with van der Waals surface area (Å²) in [5.41, 5.74) is 6.05. The second-order valence-corrected chi connectivity index (χ2v) is 7.35. The van der Waals surface area contributed by atoms with Crippen LogP contribution in [-0.2, 0) is 16.0 Å². The Kier molecular flexibility index (Phi) is 5.81. The van der Waals surface area contributed by atoms with Crippen molar-refractivity contribution in [3.05, 3.63) is 29.8 Å². The molecule has 0 bridgehead atoms. The molecule has 1 spiro atoms. The molecule has 3 rings (SSSR count). The van der Waals surface area contributed by atoms with Gasteiger partial charge in [0.25, 0.3) is 0 Å². The van der Waals surface area contributed by atoms with Crippen LogP contribution in [0.25, 0.3) is 0 Å². The molecule has 26 heavy (non-hydrogen) atoms. The highest BCUT2D eigenvalue weighted by Crippen LogP contribution is 2.40. The van der Waals surface area contributed by atoms with Gasteiger partial charge in [-0.05, 0) is 37.0 Å². The molecule has 2 saturated heterocycles. The predicted molar refractivity (Wildman–Crippen MR) is 99.8 cm³/mol. The van der Waals surface area contributed by atoms with Crippen molar-refractivity contribution in [2.75, 3.05) is 39.3 Å². The van der Waals surface area contributed by atoms with Crippen molar-refractivity contribution in [3.63, 3.8) is 0 Å². The third-order valence-corrected chi connectivity index (χ3v) is 5.44. The Hall–Kier alpha value is -2.08. The summed E-state index contributed by atoms with van der Waals surface area (Å²) in [6.45, 7) is 5.90. The number of rotatable bonds is 7. The fourth-order valence-electron chi connectivity index (χ4n) is 4.05. The molecule has 0 aromatic heterocycles. The molecule has 142 valence electrons. The summed E-state index contributed by atoms with van der Waals surface area (Å²) in [5, 5.41) is 0. The highest BCUT2D eigenvalue weighted by atomic mass is 16.5. The van der Waals surface area contributed by atoms with E-state index in [9.17, 15) is 9.59 Å². The number of ether oxygens (including phenoxy) is 1. The molecule has 1 aromatic rings. The molecule has 2 aliphatic rings. The van der Waals surface area contributed by atoms with Gasteiger partial charge in [0, 0.05) is 32.7 Å². The van der Waals surface area contributed by atoms with Crippen LogP contribution in [0.4, 0.5) is 0 Å². The van der Waals surface area contributed by atoms with Gasteiger partial charge in [-0.25, -0.2) is 0 Å². The van der Waals surface area contributed by atoms with Crippen LogP contribution in [0.3, 0.4) is 0 Å². The van der Waals surface area contributed by atoms with E-state index >= 15 is 0 Å². The van der Waals surface area contributed by atoms with Gasteiger partial charge in [-0.3, -0.25) is 9.59 Å². The van der Waals surface area contributed by atoms with Crippen molar-refractivity contribution in [1.29, 1.82) is 0 Å². The summed E-state index contributed by atoms with van der Waals surface area (Å²) in [7, 11) is 0. The van der Waals surface area contributed by atoms with Crippen LogP contribution in [0.15, 0.2) is 24.3 Å². The van der Waals surface area contributed by atoms with Gasteiger partial charge in [0.1, 0.15) is 12.4 Å². The van der Waals surface area contributed by atoms with Gasteiger partial charge in [0.15, 0.2) is 0 Å². The fourth-order valence-corrected chi connectivity index (χ4v) is 4.05. The third kappa shape index (κ3) is 3.85. The molecule has 2 N–H and O–H groups in total. The first-order valence-corrected chi connectivity index (χ1v) is 9.57. The summed E-state index contributed by atoms with van der Waals surface area (Å²) in [6, 6.07) is 7.59. The van der Waals surface area contributed by atoms with Gasteiger partial charge in [0.2, 0.25) is 11.8 Å². The van der Waals surface area contributed by atoms with Crippen LogP contribution in [0, 0.1) is 5.41 Å². The van der Waals surface area contributed by atoms with Gasteiger partial charge in [-0.15, -0.1) is 0 Å². The highest BCUT2D eigenvalue weighted by molar-refractivity contribution is 5.87. The van der Waals surface area contributed by atoms with Crippen molar-refractivity contribution in [3.8, 4) is 5.75 Å². The van der Waals surface area contributed by atoms with Crippen molar-refractivity contribution in [2.24, 2.45) is 11.1 Å². The minimum Gasteiger partial charge on any atom is -0.492 e. The molecule has 0 aliphatic carbocycles. The number of nitrogens with two attached hydrogens (primary N) is 1. The van der Waals surface area contributed by atoms with Gasteiger partial charge in [-0.1, -0.05) is 19.1 Å². The van der Waals surface area contributed by atoms with Crippen molar-refractivity contribution in [2.45, 2.75) is 32.6 Å². The van der Waals surface area contributed by atoms with Gasteiger partial charge >= 0.3 is 0 Å². The first-order chi connectivity index (χ1) is 12.6. The Morgan fingerprint density at radius 3 is 2.88 bits per heavy atom. The summed E-state index contributed by atoms with van der Waals surface area (Å²) in [5.74, 6) is 1.06. The zero-order chi connectivity index (χ0) is 18.6. The smallest absolute Gasteiger partial charge is 0.230 e. The maximum atomic E-state index is 12.8. The largest absolute Gasteiger partial charge is 0.492 e. The number of hydrogen-bond acceptors (Lipinski definition) is 4. The first-order valence-electron chi connectivity index (χ1n) is 9.57. The van der Waals surface area contributed by atoms with Crippen LogP contribution in [0.1, 0.15) is 31.7 Å². The number of hydrogen-bond donors (Lipinski definition) is 1. The van der Waals surface area contributed by atoms with Crippen LogP contribution >= 0.6 is 0 Å². The van der Waals surface area contributed by atoms with Gasteiger partial charge < -0.3 is 20.3 Å². The molecule has 2 heterocycles. The monoisotopic (exact) mass is 359 g/mol. The molecular weight excluding hydrogens is 330 g/mol. The molecule has 6 heteroatoms. The number of amides is 2. The molecule has 1 atom stereocenters. The van der Waals surface area contributed by atoms with Gasteiger partial charge in [-0.2, -0.15) is 0 Å². The lowest BCUT2D eigenvalue weighted by Gasteiger charge is -2.23. The zero-order valence-corrected chi connectivity index (χ0v) is 15.6. The Labute approximate surface area is 155 Å². The lowest BCUT2D eigenvalue weighted by atomic mass is 9.85. The SMILES string of the molecule is CCCN1CCC2(CCN(C(=O)Cc3cccc(OCCN)c3)C2)C1=O. The molecule has 0 radical (unpaired) electrons. The van der Waals surface area contributed by atoms with E-state index in [2.05, 4.69) is 6.92 Å². The third-order valence-electron chi connectivity index (χ3n) is 5.44. The second-order valence-electron chi connectivity index (χ2n) is 7.35. The Balaban J connectivity index is 1.59. The lowest BCUT2D eigenvalue weighted by molar-refractivity contribution is -0.136. The Morgan fingerprint density at radius 1 is 1.31 bits per heavy atom. The normalized spacial score (nSPS) is 22.5. The topological polar surface area (TPSA) is 75.9 Å². The Morgan fingerprint density at radius 2 is 2.12 bits per heavy atom. The van der Waals surface area contributed by atoms with Gasteiger partial charge in [0.05, 0.1) is 11.8 Å². The summed E-state index contributed by atoms with van der Waals surface area (Å²) >= 11 is 0. The zero-order valence-electron chi connectivity index (χ0n) is 15.6. The second kappa shape index (κ2) is 8.08. The number of benzene rings is 1. The van der Waals surface area contributed by atoms with E-state index in [-0.39, 0.29) is 17.2 Å². The van der Waals surface area contributed by atoms with Crippen molar-refractivity contribution < 1.29 is 14.3 Å². The number of nitrogens with zero attached hydrogens (tertiary/aromatic N) is 2. The fraction of sp³-hybridized carbons (Fsp3) is 0.600. The minimum atomic E-state index is -0.336. The minimum absolute atomic E-state index is 0.0830.